The first kappa shape index (κ1) is 24.6. The second-order valence-electron chi connectivity index (χ2n) is 10.0. The van der Waals surface area contributed by atoms with Crippen LogP contribution in [0.4, 0.5) is 21.5 Å². The second kappa shape index (κ2) is 9.26. The average molecular weight is 546 g/mol. The third-order valence-electron chi connectivity index (χ3n) is 7.65. The summed E-state index contributed by atoms with van der Waals surface area (Å²) in [5.41, 5.74) is 4.42. The molecule has 0 unspecified atom stereocenters. The zero-order chi connectivity index (χ0) is 26.6. The fourth-order valence-electron chi connectivity index (χ4n) is 5.26. The summed E-state index contributed by atoms with van der Waals surface area (Å²) in [4.78, 5) is 38.1. The van der Waals surface area contributed by atoms with E-state index in [-0.39, 0.29) is 18.4 Å². The van der Waals surface area contributed by atoms with Crippen molar-refractivity contribution < 1.29 is 14.0 Å². The van der Waals surface area contributed by atoms with Crippen molar-refractivity contribution in [3.8, 4) is 0 Å². The summed E-state index contributed by atoms with van der Waals surface area (Å²) in [6.07, 6.45) is 4.22. The quantitative estimate of drug-likeness (QED) is 0.304. The van der Waals surface area contributed by atoms with Crippen LogP contribution >= 0.6 is 23.6 Å². The number of hydrogen-bond donors (Lipinski definition) is 1. The molecule has 1 N–H and O–H groups in total. The Kier molecular flexibility index (Phi) is 6.00. The van der Waals surface area contributed by atoms with E-state index < -0.39 is 11.4 Å². The largest absolute Gasteiger partial charge is 0.347 e. The zero-order valence-electron chi connectivity index (χ0n) is 20.7. The van der Waals surface area contributed by atoms with Gasteiger partial charge in [0, 0.05) is 29.4 Å². The van der Waals surface area contributed by atoms with Gasteiger partial charge in [-0.1, -0.05) is 12.1 Å². The predicted molar refractivity (Wildman–Crippen MR) is 148 cm³/mol. The maximum Gasteiger partial charge on any atom is 0.263 e. The first-order chi connectivity index (χ1) is 18.3. The minimum absolute atomic E-state index is 0.0419. The van der Waals surface area contributed by atoms with Crippen molar-refractivity contribution in [3.05, 3.63) is 80.8 Å². The SMILES string of the molecule is [C-]#[N+]c1ccc(N2C(=O)C3(CCC3)N(c3ccc(CNC(=O)c4scnc4C4CC4)c(F)c3)C2=S)cc1C. The van der Waals surface area contributed by atoms with E-state index in [0.717, 1.165) is 30.5 Å². The molecule has 1 aliphatic heterocycles. The summed E-state index contributed by atoms with van der Waals surface area (Å²) in [7, 11) is 0. The Bertz CT molecular complexity index is 1540. The van der Waals surface area contributed by atoms with Crippen molar-refractivity contribution in [3.63, 3.8) is 0 Å². The molecule has 1 saturated heterocycles. The average Bonchev–Trinajstić information content (AvgIpc) is 3.54. The van der Waals surface area contributed by atoms with E-state index in [1.54, 1.807) is 40.7 Å². The molecule has 1 aromatic heterocycles. The van der Waals surface area contributed by atoms with Crippen molar-refractivity contribution in [1.82, 2.24) is 10.3 Å². The van der Waals surface area contributed by atoms with Gasteiger partial charge in [-0.15, -0.1) is 11.3 Å². The number of carbonyl (C=O) groups excluding carboxylic acids is 2. The second-order valence-corrected chi connectivity index (χ2v) is 11.2. The van der Waals surface area contributed by atoms with Gasteiger partial charge in [-0.05, 0) is 81.1 Å². The number of halogens is 1. The molecule has 3 aromatic rings. The topological polar surface area (TPSA) is 69.9 Å². The van der Waals surface area contributed by atoms with Gasteiger partial charge >= 0.3 is 0 Å². The number of nitrogens with one attached hydrogen (secondary N) is 1. The Hall–Kier alpha value is -3.68. The lowest BCUT2D eigenvalue weighted by atomic mass is 9.75. The van der Waals surface area contributed by atoms with Crippen LogP contribution in [0.2, 0.25) is 0 Å². The number of rotatable bonds is 6. The van der Waals surface area contributed by atoms with Crippen molar-refractivity contribution in [1.29, 1.82) is 0 Å². The molecule has 2 amide bonds. The first-order valence-corrected chi connectivity index (χ1v) is 13.8. The lowest BCUT2D eigenvalue weighted by molar-refractivity contribution is -0.123. The monoisotopic (exact) mass is 545 g/mol. The van der Waals surface area contributed by atoms with Crippen molar-refractivity contribution in [2.24, 2.45) is 0 Å². The summed E-state index contributed by atoms with van der Waals surface area (Å²) in [5.74, 6) is -0.489. The molecular weight excluding hydrogens is 521 g/mol. The van der Waals surface area contributed by atoms with Crippen LogP contribution in [0.3, 0.4) is 0 Å². The molecule has 2 aliphatic carbocycles. The maximum atomic E-state index is 15.3. The van der Waals surface area contributed by atoms with Gasteiger partial charge in [0.05, 0.1) is 17.8 Å². The Morgan fingerprint density at radius 2 is 2.03 bits per heavy atom. The van der Waals surface area contributed by atoms with Crippen LogP contribution in [0, 0.1) is 19.3 Å². The normalized spacial score (nSPS) is 18.0. The van der Waals surface area contributed by atoms with E-state index >= 15 is 4.39 Å². The smallest absolute Gasteiger partial charge is 0.263 e. The molecule has 3 fully saturated rings. The summed E-state index contributed by atoms with van der Waals surface area (Å²) in [5, 5.41) is 3.11. The molecule has 0 radical (unpaired) electrons. The van der Waals surface area contributed by atoms with E-state index in [9.17, 15) is 9.59 Å². The lowest BCUT2D eigenvalue weighted by Gasteiger charge is -2.43. The third kappa shape index (κ3) is 3.89. The number of thiocarbonyl (C=S) groups is 1. The molecule has 2 saturated carbocycles. The van der Waals surface area contributed by atoms with E-state index in [0.29, 0.717) is 51.4 Å². The summed E-state index contributed by atoms with van der Waals surface area (Å²) in [6.45, 7) is 9.16. The number of amides is 2. The first-order valence-electron chi connectivity index (χ1n) is 12.5. The van der Waals surface area contributed by atoms with Gasteiger partial charge in [0.2, 0.25) is 0 Å². The van der Waals surface area contributed by atoms with Gasteiger partial charge < -0.3 is 10.2 Å². The summed E-state index contributed by atoms with van der Waals surface area (Å²) < 4.78 is 15.3. The van der Waals surface area contributed by atoms with Gasteiger partial charge in [0.15, 0.2) is 10.8 Å². The number of aryl methyl sites for hydroxylation is 1. The number of carbonyl (C=O) groups is 2. The van der Waals surface area contributed by atoms with Gasteiger partial charge in [-0.25, -0.2) is 14.2 Å². The highest BCUT2D eigenvalue weighted by atomic mass is 32.1. The number of anilines is 2. The van der Waals surface area contributed by atoms with Crippen LogP contribution in [0.15, 0.2) is 41.9 Å². The standard InChI is InChI=1S/C28H24FN5O2S2/c1-16-12-19(8-9-22(16)30-2)33-26(36)28(10-3-11-28)34(27(33)37)20-7-6-18(21(29)13-20)14-31-25(35)24-23(17-4-5-17)32-15-38-24/h6-9,12-13,15,17H,3-5,10-11,14H2,1H3,(H,31,35). The van der Waals surface area contributed by atoms with Crippen molar-refractivity contribution in [2.75, 3.05) is 9.80 Å². The highest BCUT2D eigenvalue weighted by molar-refractivity contribution is 7.81. The van der Waals surface area contributed by atoms with Gasteiger partial charge in [0.1, 0.15) is 16.2 Å². The lowest BCUT2D eigenvalue weighted by Crippen LogP contribution is -2.55. The Morgan fingerprint density at radius 1 is 1.26 bits per heavy atom. The zero-order valence-corrected chi connectivity index (χ0v) is 22.3. The number of nitrogens with zero attached hydrogens (tertiary/aromatic N) is 4. The highest BCUT2D eigenvalue weighted by Gasteiger charge is 2.59. The van der Waals surface area contributed by atoms with Crippen LogP contribution in [0.1, 0.15) is 64.5 Å². The Balaban J connectivity index is 1.24. The van der Waals surface area contributed by atoms with E-state index in [1.165, 1.54) is 22.3 Å². The molecule has 0 atom stereocenters. The maximum absolute atomic E-state index is 15.3. The molecule has 3 aliphatic rings. The van der Waals surface area contributed by atoms with Crippen LogP contribution in [0.25, 0.3) is 4.85 Å². The molecule has 192 valence electrons. The number of thiazole rings is 1. The molecular formula is C28H24FN5O2S2. The van der Waals surface area contributed by atoms with Gasteiger partial charge in [0.25, 0.3) is 11.8 Å². The molecule has 7 nitrogen and oxygen atoms in total. The number of aromatic nitrogens is 1. The van der Waals surface area contributed by atoms with Crippen LogP contribution < -0.4 is 15.1 Å². The predicted octanol–water partition coefficient (Wildman–Crippen LogP) is 6.01. The molecule has 10 heteroatoms. The summed E-state index contributed by atoms with van der Waals surface area (Å²) >= 11 is 7.09. The van der Waals surface area contributed by atoms with Crippen LogP contribution in [-0.2, 0) is 11.3 Å². The van der Waals surface area contributed by atoms with Gasteiger partial charge in [-0.3, -0.25) is 14.5 Å². The van der Waals surface area contributed by atoms with Crippen molar-refractivity contribution in [2.45, 2.75) is 57.0 Å². The highest BCUT2D eigenvalue weighted by Crippen LogP contribution is 2.48. The fraction of sp³-hybridized carbons (Fsp3) is 0.321. The number of benzene rings is 2. The Morgan fingerprint density at radius 3 is 2.66 bits per heavy atom. The Labute approximate surface area is 229 Å². The van der Waals surface area contributed by atoms with Crippen molar-refractivity contribution >= 4 is 57.5 Å². The van der Waals surface area contributed by atoms with E-state index in [2.05, 4.69) is 15.1 Å². The molecule has 1 spiro atoms. The third-order valence-corrected chi connectivity index (χ3v) is 8.86. The van der Waals surface area contributed by atoms with E-state index in [4.69, 9.17) is 18.8 Å². The van der Waals surface area contributed by atoms with Gasteiger partial charge in [-0.2, -0.15) is 0 Å². The molecule has 38 heavy (non-hydrogen) atoms. The minimum atomic E-state index is -0.836. The summed E-state index contributed by atoms with van der Waals surface area (Å²) in [6, 6.07) is 9.98. The molecule has 2 heterocycles. The molecule has 6 rings (SSSR count). The number of hydrogen-bond acceptors (Lipinski definition) is 5. The van der Waals surface area contributed by atoms with Crippen LogP contribution in [0.5, 0.6) is 0 Å². The van der Waals surface area contributed by atoms with E-state index in [1.807, 2.05) is 6.92 Å². The molecule has 0 bridgehead atoms. The molecule has 2 aromatic carbocycles. The minimum Gasteiger partial charge on any atom is -0.347 e. The van der Waals surface area contributed by atoms with Crippen LogP contribution in [-0.4, -0.2) is 27.4 Å². The fourth-order valence-corrected chi connectivity index (χ4v) is 6.52.